The first kappa shape index (κ1) is 19.6. The van der Waals surface area contributed by atoms with Gasteiger partial charge in [0.15, 0.2) is 0 Å². The van der Waals surface area contributed by atoms with Crippen molar-refractivity contribution in [1.29, 1.82) is 0 Å². The Kier molecular flexibility index (Phi) is 5.85. The first-order valence-electron chi connectivity index (χ1n) is 11.2. The second kappa shape index (κ2) is 8.36. The zero-order chi connectivity index (χ0) is 19.7. The highest BCUT2D eigenvalue weighted by atomic mass is 16.2. The lowest BCUT2D eigenvalue weighted by molar-refractivity contribution is -0.136. The van der Waals surface area contributed by atoms with E-state index in [1.165, 1.54) is 12.8 Å². The van der Waals surface area contributed by atoms with E-state index in [1.54, 1.807) is 6.07 Å². The largest absolute Gasteiger partial charge is 0.339 e. The first-order chi connectivity index (χ1) is 13.5. The molecule has 3 atom stereocenters. The van der Waals surface area contributed by atoms with Crippen molar-refractivity contribution in [3.8, 4) is 0 Å². The molecule has 2 saturated heterocycles. The number of likely N-dealkylation sites (tertiary alicyclic amines) is 2. The monoisotopic (exact) mass is 386 g/mol. The Morgan fingerprint density at radius 2 is 1.96 bits per heavy atom. The summed E-state index contributed by atoms with van der Waals surface area (Å²) < 4.78 is 1.87. The molecule has 0 spiro atoms. The molecule has 0 radical (unpaired) electrons. The third-order valence-electron chi connectivity index (χ3n) is 7.13. The molecule has 1 aromatic heterocycles. The molecule has 4 heterocycles. The summed E-state index contributed by atoms with van der Waals surface area (Å²) in [5.41, 5.74) is 1.04. The van der Waals surface area contributed by atoms with E-state index in [2.05, 4.69) is 23.6 Å². The SMILES string of the molecule is C[C@@H]1[C@@H](C)CCCN1C(=O)CN1CC[C@H](c2cc(=O)n3c(n2)CCCCC3)C1. The molecule has 2 fully saturated rings. The van der Waals surface area contributed by atoms with Crippen molar-refractivity contribution in [2.24, 2.45) is 5.92 Å². The number of carbonyl (C=O) groups excluding carboxylic acids is 1. The minimum atomic E-state index is 0.104. The van der Waals surface area contributed by atoms with Gasteiger partial charge in [-0.2, -0.15) is 0 Å². The Bertz CT molecular complexity index is 774. The molecule has 28 heavy (non-hydrogen) atoms. The highest BCUT2D eigenvalue weighted by Gasteiger charge is 2.32. The molecule has 0 aromatic carbocycles. The first-order valence-corrected chi connectivity index (χ1v) is 11.2. The predicted molar refractivity (Wildman–Crippen MR) is 109 cm³/mol. The maximum atomic E-state index is 12.9. The van der Waals surface area contributed by atoms with E-state index in [9.17, 15) is 9.59 Å². The summed E-state index contributed by atoms with van der Waals surface area (Å²) in [5, 5.41) is 0. The third-order valence-corrected chi connectivity index (χ3v) is 7.13. The van der Waals surface area contributed by atoms with Crippen LogP contribution in [0.4, 0.5) is 0 Å². The van der Waals surface area contributed by atoms with Crippen LogP contribution in [0, 0.1) is 5.92 Å². The third kappa shape index (κ3) is 4.02. The molecule has 0 bridgehead atoms. The van der Waals surface area contributed by atoms with Gasteiger partial charge in [-0.25, -0.2) is 4.98 Å². The van der Waals surface area contributed by atoms with Gasteiger partial charge in [-0.1, -0.05) is 13.3 Å². The van der Waals surface area contributed by atoms with Gasteiger partial charge in [-0.05, 0) is 51.5 Å². The van der Waals surface area contributed by atoms with Gasteiger partial charge in [0.25, 0.3) is 5.56 Å². The number of hydrogen-bond acceptors (Lipinski definition) is 4. The van der Waals surface area contributed by atoms with Crippen molar-refractivity contribution in [3.63, 3.8) is 0 Å². The maximum absolute atomic E-state index is 12.9. The van der Waals surface area contributed by atoms with Gasteiger partial charge in [0.2, 0.25) is 5.91 Å². The van der Waals surface area contributed by atoms with Crippen LogP contribution in [0.5, 0.6) is 0 Å². The van der Waals surface area contributed by atoms with Crippen LogP contribution >= 0.6 is 0 Å². The fraction of sp³-hybridized carbons (Fsp3) is 0.773. The Morgan fingerprint density at radius 3 is 2.82 bits per heavy atom. The number of aromatic nitrogens is 2. The molecule has 0 unspecified atom stereocenters. The van der Waals surface area contributed by atoms with Gasteiger partial charge >= 0.3 is 0 Å². The Labute approximate surface area is 167 Å². The van der Waals surface area contributed by atoms with Gasteiger partial charge in [-0.15, -0.1) is 0 Å². The molecule has 1 amide bonds. The minimum absolute atomic E-state index is 0.104. The molecule has 0 saturated carbocycles. The number of amides is 1. The van der Waals surface area contributed by atoms with Crippen LogP contribution in [-0.4, -0.2) is 57.5 Å². The second-order valence-corrected chi connectivity index (χ2v) is 9.07. The topological polar surface area (TPSA) is 58.4 Å². The zero-order valence-corrected chi connectivity index (χ0v) is 17.4. The maximum Gasteiger partial charge on any atom is 0.253 e. The van der Waals surface area contributed by atoms with E-state index in [-0.39, 0.29) is 17.4 Å². The van der Waals surface area contributed by atoms with Crippen molar-refractivity contribution in [3.05, 3.63) is 27.9 Å². The van der Waals surface area contributed by atoms with Crippen LogP contribution in [-0.2, 0) is 17.8 Å². The van der Waals surface area contributed by atoms with Gasteiger partial charge in [0.05, 0.1) is 12.2 Å². The predicted octanol–water partition coefficient (Wildman–Crippen LogP) is 2.41. The van der Waals surface area contributed by atoms with Crippen LogP contribution in [0.1, 0.15) is 69.8 Å². The number of aryl methyl sites for hydroxylation is 1. The average molecular weight is 387 g/mol. The number of rotatable bonds is 3. The standard InChI is InChI=1S/C22H34N4O2/c1-16-7-6-11-25(17(16)2)22(28)15-24-12-9-18(14-24)19-13-21(27)26-10-5-3-4-8-20(26)23-19/h13,16-18H,3-12,14-15H2,1-2H3/t16-,17+,18-/m0/s1. The molecular weight excluding hydrogens is 352 g/mol. The molecule has 3 aliphatic heterocycles. The van der Waals surface area contributed by atoms with Gasteiger partial charge < -0.3 is 4.90 Å². The summed E-state index contributed by atoms with van der Waals surface area (Å²) in [7, 11) is 0. The number of carbonyl (C=O) groups is 1. The van der Waals surface area contributed by atoms with E-state index >= 15 is 0 Å². The molecular formula is C22H34N4O2. The van der Waals surface area contributed by atoms with Crippen molar-refractivity contribution >= 4 is 5.91 Å². The number of nitrogens with zero attached hydrogens (tertiary/aromatic N) is 4. The van der Waals surface area contributed by atoms with E-state index in [0.717, 1.165) is 69.8 Å². The molecule has 6 heteroatoms. The smallest absolute Gasteiger partial charge is 0.253 e. The Hall–Kier alpha value is -1.69. The Morgan fingerprint density at radius 1 is 1.11 bits per heavy atom. The molecule has 6 nitrogen and oxygen atoms in total. The summed E-state index contributed by atoms with van der Waals surface area (Å²) in [4.78, 5) is 34.6. The fourth-order valence-electron chi connectivity index (χ4n) is 5.13. The van der Waals surface area contributed by atoms with Gasteiger partial charge in [0, 0.05) is 44.1 Å². The molecule has 1 aromatic rings. The highest BCUT2D eigenvalue weighted by Crippen LogP contribution is 2.27. The quantitative estimate of drug-likeness (QED) is 0.800. The summed E-state index contributed by atoms with van der Waals surface area (Å²) in [6.07, 6.45) is 7.58. The summed E-state index contributed by atoms with van der Waals surface area (Å²) in [5.74, 6) is 2.08. The minimum Gasteiger partial charge on any atom is -0.339 e. The van der Waals surface area contributed by atoms with Crippen molar-refractivity contribution in [2.45, 2.75) is 77.3 Å². The lowest BCUT2D eigenvalue weighted by Crippen LogP contribution is -2.49. The average Bonchev–Trinajstić information content (AvgIpc) is 2.99. The van der Waals surface area contributed by atoms with Crippen LogP contribution in [0.2, 0.25) is 0 Å². The van der Waals surface area contributed by atoms with Gasteiger partial charge in [0.1, 0.15) is 5.82 Å². The molecule has 0 aliphatic carbocycles. The Balaban J connectivity index is 1.40. The van der Waals surface area contributed by atoms with Crippen molar-refractivity contribution in [2.75, 3.05) is 26.2 Å². The normalized spacial score (nSPS) is 28.8. The van der Waals surface area contributed by atoms with E-state index in [0.29, 0.717) is 18.5 Å². The number of hydrogen-bond donors (Lipinski definition) is 0. The van der Waals surface area contributed by atoms with Crippen LogP contribution in [0.25, 0.3) is 0 Å². The lowest BCUT2D eigenvalue weighted by atomic mass is 9.92. The molecule has 154 valence electrons. The van der Waals surface area contributed by atoms with Crippen LogP contribution < -0.4 is 5.56 Å². The fourth-order valence-corrected chi connectivity index (χ4v) is 5.13. The second-order valence-electron chi connectivity index (χ2n) is 9.07. The van der Waals surface area contributed by atoms with E-state index in [4.69, 9.17) is 4.98 Å². The summed E-state index contributed by atoms with van der Waals surface area (Å²) >= 11 is 0. The molecule has 0 N–H and O–H groups in total. The van der Waals surface area contributed by atoms with Gasteiger partial charge in [-0.3, -0.25) is 19.1 Å². The molecule has 4 rings (SSSR count). The van der Waals surface area contributed by atoms with Crippen molar-refractivity contribution < 1.29 is 4.79 Å². The highest BCUT2D eigenvalue weighted by molar-refractivity contribution is 5.78. The number of fused-ring (bicyclic) bond motifs is 1. The molecule has 3 aliphatic rings. The number of piperidine rings is 1. The van der Waals surface area contributed by atoms with Crippen LogP contribution in [0.3, 0.4) is 0 Å². The van der Waals surface area contributed by atoms with E-state index < -0.39 is 0 Å². The van der Waals surface area contributed by atoms with Crippen molar-refractivity contribution in [1.82, 2.24) is 19.4 Å². The van der Waals surface area contributed by atoms with E-state index in [1.807, 2.05) is 4.57 Å². The summed E-state index contributed by atoms with van der Waals surface area (Å²) in [6, 6.07) is 2.09. The lowest BCUT2D eigenvalue weighted by Gasteiger charge is -2.38. The zero-order valence-electron chi connectivity index (χ0n) is 17.4. The summed E-state index contributed by atoms with van der Waals surface area (Å²) in [6.45, 7) is 8.37. The van der Waals surface area contributed by atoms with Crippen LogP contribution in [0.15, 0.2) is 10.9 Å².